The van der Waals surface area contributed by atoms with Crippen molar-refractivity contribution in [3.8, 4) is 6.07 Å². The van der Waals surface area contributed by atoms with Crippen molar-refractivity contribution >= 4 is 7.60 Å². The highest BCUT2D eigenvalue weighted by molar-refractivity contribution is 7.51. The van der Waals surface area contributed by atoms with Gasteiger partial charge in [0.15, 0.2) is 0 Å². The van der Waals surface area contributed by atoms with Crippen LogP contribution in [0.3, 0.4) is 0 Å². The van der Waals surface area contributed by atoms with Crippen molar-refractivity contribution in [2.45, 2.75) is 0 Å². The molecule has 0 aliphatic rings. The molecule has 2 N–H and O–H groups in total. The minimum Gasteiger partial charge on any atom is -0.375 e. The number of nitrogens with zero attached hydrogens (tertiary/aromatic N) is 1. The van der Waals surface area contributed by atoms with Crippen molar-refractivity contribution in [1.29, 1.82) is 5.26 Å². The van der Waals surface area contributed by atoms with Gasteiger partial charge in [-0.2, -0.15) is 5.26 Å². The number of nitriles is 1. The molecule has 0 saturated carbocycles. The Morgan fingerprint density at radius 3 is 2.67 bits per heavy atom. The summed E-state index contributed by atoms with van der Waals surface area (Å²) in [5.41, 5.74) is 0.237. The van der Waals surface area contributed by atoms with E-state index >= 15 is 0 Å². The van der Waals surface area contributed by atoms with E-state index in [9.17, 15) is 4.57 Å². The number of hydrogen-bond acceptors (Lipinski definition) is 3. The van der Waals surface area contributed by atoms with Gasteiger partial charge in [-0.05, 0) is 0 Å². The van der Waals surface area contributed by atoms with Gasteiger partial charge in [-0.25, -0.2) is 0 Å². The first kappa shape index (κ1) is 11.3. The summed E-state index contributed by atoms with van der Waals surface area (Å²) < 4.78 is 15.0. The van der Waals surface area contributed by atoms with Crippen LogP contribution < -0.4 is 0 Å². The molecule has 0 bridgehead atoms. The van der Waals surface area contributed by atoms with Crippen LogP contribution in [0.1, 0.15) is 0 Å². The maximum Gasteiger partial charge on any atom is 0.327 e. The molecule has 0 fully saturated rings. The Balaban J connectivity index is 3.42. The quantitative estimate of drug-likeness (QED) is 0.369. The monoisotopic (exact) mass is 191 g/mol. The second kappa shape index (κ2) is 5.07. The zero-order chi connectivity index (χ0) is 9.61. The van der Waals surface area contributed by atoms with Crippen LogP contribution in [0.5, 0.6) is 0 Å². The largest absolute Gasteiger partial charge is 0.375 e. The molecular weight excluding hydrogens is 181 g/mol. The first-order valence-electron chi connectivity index (χ1n) is 3.16. The molecule has 0 atom stereocenters. The molecular formula is C6H10NO4P. The Hall–Kier alpha value is -0.660. The molecule has 6 heteroatoms. The van der Waals surface area contributed by atoms with Crippen LogP contribution in [-0.4, -0.2) is 29.2 Å². The van der Waals surface area contributed by atoms with Gasteiger partial charge >= 0.3 is 7.60 Å². The van der Waals surface area contributed by atoms with Gasteiger partial charge in [-0.1, -0.05) is 6.58 Å². The summed E-state index contributed by atoms with van der Waals surface area (Å²) in [5.74, 6) is 0. The summed E-state index contributed by atoms with van der Waals surface area (Å²) in [6.45, 7) is 3.29. The first-order chi connectivity index (χ1) is 5.45. The highest BCUT2D eigenvalue weighted by Gasteiger charge is 2.11. The van der Waals surface area contributed by atoms with Crippen LogP contribution in [0, 0.1) is 11.3 Å². The third-order valence-electron chi connectivity index (χ3n) is 0.961. The maximum absolute atomic E-state index is 10.3. The van der Waals surface area contributed by atoms with E-state index in [1.807, 2.05) is 0 Å². The standard InChI is InChI=1S/C6H10NO4P/c1-6(4-7)5-11-2-3-12(8,9)10/h1-3,5H2,(H2,8,9,10). The molecule has 0 amide bonds. The Morgan fingerprint density at radius 2 is 2.25 bits per heavy atom. The zero-order valence-electron chi connectivity index (χ0n) is 6.43. The van der Waals surface area contributed by atoms with Gasteiger partial charge in [0.25, 0.3) is 0 Å². The van der Waals surface area contributed by atoms with E-state index in [2.05, 4.69) is 6.58 Å². The molecule has 0 aliphatic carbocycles. The van der Waals surface area contributed by atoms with E-state index in [1.54, 1.807) is 6.07 Å². The highest BCUT2D eigenvalue weighted by Crippen LogP contribution is 2.33. The predicted molar refractivity (Wildman–Crippen MR) is 42.5 cm³/mol. The lowest BCUT2D eigenvalue weighted by molar-refractivity contribution is 0.170. The minimum atomic E-state index is -3.97. The van der Waals surface area contributed by atoms with Gasteiger partial charge in [-0.3, -0.25) is 4.57 Å². The summed E-state index contributed by atoms with van der Waals surface area (Å²) in [6, 6.07) is 1.75. The summed E-state index contributed by atoms with van der Waals surface area (Å²) >= 11 is 0. The zero-order valence-corrected chi connectivity index (χ0v) is 7.33. The molecule has 0 spiro atoms. The van der Waals surface area contributed by atoms with E-state index in [1.165, 1.54) is 0 Å². The molecule has 0 aromatic rings. The number of ether oxygens (including phenoxy) is 1. The average Bonchev–Trinajstić information content (AvgIpc) is 1.96. The van der Waals surface area contributed by atoms with Gasteiger partial charge in [0.1, 0.15) is 0 Å². The van der Waals surface area contributed by atoms with Gasteiger partial charge in [-0.15, -0.1) is 0 Å². The third-order valence-corrected chi connectivity index (χ3v) is 1.73. The summed E-state index contributed by atoms with van der Waals surface area (Å²) in [5, 5.41) is 8.21. The number of hydrogen-bond donors (Lipinski definition) is 2. The molecule has 0 radical (unpaired) electrons. The molecule has 0 heterocycles. The van der Waals surface area contributed by atoms with E-state index < -0.39 is 7.60 Å². The molecule has 0 aromatic carbocycles. The van der Waals surface area contributed by atoms with Crippen molar-refractivity contribution < 1.29 is 19.1 Å². The summed E-state index contributed by atoms with van der Waals surface area (Å²) in [4.78, 5) is 16.8. The van der Waals surface area contributed by atoms with Crippen molar-refractivity contribution in [2.24, 2.45) is 0 Å². The molecule has 68 valence electrons. The molecule has 12 heavy (non-hydrogen) atoms. The van der Waals surface area contributed by atoms with Crippen LogP contribution in [0.25, 0.3) is 0 Å². The van der Waals surface area contributed by atoms with Gasteiger partial charge < -0.3 is 14.5 Å². The average molecular weight is 191 g/mol. The molecule has 5 nitrogen and oxygen atoms in total. The minimum absolute atomic E-state index is 0.0243. The van der Waals surface area contributed by atoms with Gasteiger partial charge in [0, 0.05) is 5.57 Å². The second-order valence-electron chi connectivity index (χ2n) is 2.16. The fourth-order valence-corrected chi connectivity index (χ4v) is 0.778. The van der Waals surface area contributed by atoms with Gasteiger partial charge in [0.2, 0.25) is 0 Å². The predicted octanol–water partition coefficient (Wildman–Crippen LogP) is 0.260. The summed E-state index contributed by atoms with van der Waals surface area (Å²) in [6.07, 6.45) is -0.328. The SMILES string of the molecule is C=C(C#N)COCCP(=O)(O)O. The van der Waals surface area contributed by atoms with Crippen molar-refractivity contribution in [1.82, 2.24) is 0 Å². The van der Waals surface area contributed by atoms with E-state index in [0.29, 0.717) is 0 Å². The fourth-order valence-electron chi connectivity index (χ4n) is 0.411. The number of rotatable bonds is 5. The van der Waals surface area contributed by atoms with Crippen LogP contribution >= 0.6 is 7.60 Å². The van der Waals surface area contributed by atoms with E-state index in [4.69, 9.17) is 19.8 Å². The smallest absolute Gasteiger partial charge is 0.327 e. The highest BCUT2D eigenvalue weighted by atomic mass is 31.2. The van der Waals surface area contributed by atoms with Crippen LogP contribution in [-0.2, 0) is 9.30 Å². The second-order valence-corrected chi connectivity index (χ2v) is 3.93. The fraction of sp³-hybridized carbons (Fsp3) is 0.500. The molecule has 0 rings (SSSR count). The van der Waals surface area contributed by atoms with Crippen molar-refractivity contribution in [3.63, 3.8) is 0 Å². The van der Waals surface area contributed by atoms with E-state index in [-0.39, 0.29) is 24.9 Å². The molecule has 0 aliphatic heterocycles. The molecule has 0 saturated heterocycles. The third kappa shape index (κ3) is 7.45. The van der Waals surface area contributed by atoms with E-state index in [0.717, 1.165) is 0 Å². The Morgan fingerprint density at radius 1 is 1.67 bits per heavy atom. The Bertz CT molecular complexity index is 238. The topological polar surface area (TPSA) is 90.5 Å². The van der Waals surface area contributed by atoms with Gasteiger partial charge in [0.05, 0.1) is 25.4 Å². The van der Waals surface area contributed by atoms with Crippen LogP contribution in [0.4, 0.5) is 0 Å². The van der Waals surface area contributed by atoms with Crippen LogP contribution in [0.2, 0.25) is 0 Å². The lowest BCUT2D eigenvalue weighted by Gasteiger charge is -2.03. The Kier molecular flexibility index (Phi) is 4.79. The maximum atomic E-state index is 10.3. The molecule has 0 unspecified atom stereocenters. The molecule has 0 aromatic heterocycles. The lowest BCUT2D eigenvalue weighted by atomic mass is 10.4. The lowest BCUT2D eigenvalue weighted by Crippen LogP contribution is -2.02. The van der Waals surface area contributed by atoms with Crippen LogP contribution in [0.15, 0.2) is 12.2 Å². The normalized spacial score (nSPS) is 10.8. The van der Waals surface area contributed by atoms with Crippen molar-refractivity contribution in [3.05, 3.63) is 12.2 Å². The summed E-state index contributed by atoms with van der Waals surface area (Å²) in [7, 11) is -3.97. The van der Waals surface area contributed by atoms with Crippen molar-refractivity contribution in [2.75, 3.05) is 19.4 Å². The first-order valence-corrected chi connectivity index (χ1v) is 4.95. The Labute approximate surface area is 70.4 Å².